The van der Waals surface area contributed by atoms with E-state index in [1.807, 2.05) is 23.6 Å². The summed E-state index contributed by atoms with van der Waals surface area (Å²) in [6, 6.07) is 9.45. The van der Waals surface area contributed by atoms with Gasteiger partial charge in [-0.15, -0.1) is 11.3 Å². The van der Waals surface area contributed by atoms with Crippen molar-refractivity contribution >= 4 is 22.4 Å². The van der Waals surface area contributed by atoms with E-state index in [2.05, 4.69) is 21.4 Å². The first kappa shape index (κ1) is 17.6. The van der Waals surface area contributed by atoms with Crippen LogP contribution in [-0.2, 0) is 13.1 Å². The number of benzene rings is 1. The summed E-state index contributed by atoms with van der Waals surface area (Å²) in [5.74, 6) is 0.646. The maximum absolute atomic E-state index is 14.1. The third kappa shape index (κ3) is 3.29. The molecule has 0 amide bonds. The Hall–Kier alpha value is -1.76. The van der Waals surface area contributed by atoms with Gasteiger partial charge in [-0.25, -0.2) is 9.37 Å². The molecule has 1 saturated heterocycles. The smallest absolute Gasteiger partial charge is 0.151 e. The standard InChI is InChI=1S/C20H24FN3OS/c1-2-24-16-8-3-7-15(21)20(16)22-19(24)13-23-10-4-6-14(23)12-17(25)18-9-5-11-26-18/h3,5,7-9,11,14,17,25H,2,4,6,10,12-13H2,1H3/t14-,17+/m0/s1. The molecule has 2 atom stereocenters. The van der Waals surface area contributed by atoms with Crippen molar-refractivity contribution < 1.29 is 9.50 Å². The lowest BCUT2D eigenvalue weighted by atomic mass is 10.1. The van der Waals surface area contributed by atoms with E-state index in [4.69, 9.17) is 0 Å². The van der Waals surface area contributed by atoms with Gasteiger partial charge in [-0.1, -0.05) is 12.1 Å². The second kappa shape index (κ2) is 7.47. The first-order chi connectivity index (χ1) is 12.7. The van der Waals surface area contributed by atoms with Gasteiger partial charge >= 0.3 is 0 Å². The van der Waals surface area contributed by atoms with Crippen molar-refractivity contribution in [2.45, 2.75) is 51.4 Å². The third-order valence-corrected chi connectivity index (χ3v) is 6.31. The normalized spacial score (nSPS) is 19.4. The molecule has 2 aromatic heterocycles. The van der Waals surface area contributed by atoms with Crippen LogP contribution in [0.1, 0.15) is 43.0 Å². The van der Waals surface area contributed by atoms with E-state index < -0.39 is 6.10 Å². The van der Waals surface area contributed by atoms with Crippen LogP contribution < -0.4 is 0 Å². The van der Waals surface area contributed by atoms with E-state index in [9.17, 15) is 9.50 Å². The highest BCUT2D eigenvalue weighted by molar-refractivity contribution is 7.10. The highest BCUT2D eigenvalue weighted by Crippen LogP contribution is 2.31. The fourth-order valence-electron chi connectivity index (χ4n) is 4.04. The van der Waals surface area contributed by atoms with Gasteiger partial charge in [0.2, 0.25) is 0 Å². The third-order valence-electron chi connectivity index (χ3n) is 5.34. The number of likely N-dealkylation sites (tertiary alicyclic amines) is 1. The Morgan fingerprint density at radius 2 is 2.23 bits per heavy atom. The average molecular weight is 373 g/mol. The lowest BCUT2D eigenvalue weighted by molar-refractivity contribution is 0.119. The molecule has 3 heterocycles. The molecule has 26 heavy (non-hydrogen) atoms. The van der Waals surface area contributed by atoms with E-state index in [0.29, 0.717) is 18.1 Å². The van der Waals surface area contributed by atoms with Gasteiger partial charge in [0.05, 0.1) is 18.2 Å². The topological polar surface area (TPSA) is 41.3 Å². The van der Waals surface area contributed by atoms with Crippen LogP contribution in [0.15, 0.2) is 35.7 Å². The number of aliphatic hydroxyl groups is 1. The molecule has 4 nitrogen and oxygen atoms in total. The number of para-hydroxylation sites is 1. The lowest BCUT2D eigenvalue weighted by Gasteiger charge is -2.26. The average Bonchev–Trinajstić information content (AvgIpc) is 3.36. The first-order valence-corrected chi connectivity index (χ1v) is 10.1. The minimum absolute atomic E-state index is 0.262. The maximum Gasteiger partial charge on any atom is 0.151 e. The van der Waals surface area contributed by atoms with E-state index in [1.165, 1.54) is 6.07 Å². The van der Waals surface area contributed by atoms with E-state index in [0.717, 1.165) is 48.6 Å². The molecule has 0 radical (unpaired) electrons. The van der Waals surface area contributed by atoms with Gasteiger partial charge in [0, 0.05) is 17.5 Å². The zero-order valence-electron chi connectivity index (χ0n) is 14.9. The summed E-state index contributed by atoms with van der Waals surface area (Å²) in [5, 5.41) is 12.5. The number of hydrogen-bond acceptors (Lipinski definition) is 4. The molecule has 138 valence electrons. The maximum atomic E-state index is 14.1. The summed E-state index contributed by atoms with van der Waals surface area (Å²) in [6.07, 6.45) is 2.54. The molecular weight excluding hydrogens is 349 g/mol. The molecule has 6 heteroatoms. The molecule has 1 fully saturated rings. The van der Waals surface area contributed by atoms with Gasteiger partial charge in [-0.3, -0.25) is 4.90 Å². The Morgan fingerprint density at radius 3 is 3.00 bits per heavy atom. The number of rotatable bonds is 6. The van der Waals surface area contributed by atoms with Crippen LogP contribution in [0, 0.1) is 5.82 Å². The number of hydrogen-bond donors (Lipinski definition) is 1. The van der Waals surface area contributed by atoms with Crippen molar-refractivity contribution in [2.24, 2.45) is 0 Å². The van der Waals surface area contributed by atoms with Gasteiger partial charge in [0.15, 0.2) is 5.82 Å². The highest BCUT2D eigenvalue weighted by atomic mass is 32.1. The minimum atomic E-state index is -0.414. The Balaban J connectivity index is 1.54. The first-order valence-electron chi connectivity index (χ1n) is 9.26. The molecular formula is C20H24FN3OS. The molecule has 0 unspecified atom stereocenters. The van der Waals surface area contributed by atoms with Gasteiger partial charge < -0.3 is 9.67 Å². The number of nitrogens with zero attached hydrogens (tertiary/aromatic N) is 3. The Labute approximate surface area is 156 Å². The number of aromatic nitrogens is 2. The molecule has 1 aliphatic rings. The fourth-order valence-corrected chi connectivity index (χ4v) is 4.77. The van der Waals surface area contributed by atoms with E-state index in [-0.39, 0.29) is 5.82 Å². The lowest BCUT2D eigenvalue weighted by Crippen LogP contribution is -2.31. The molecule has 1 aromatic carbocycles. The van der Waals surface area contributed by atoms with Gasteiger partial charge in [-0.05, 0) is 56.3 Å². The van der Waals surface area contributed by atoms with Crippen molar-refractivity contribution in [1.82, 2.24) is 14.5 Å². The van der Waals surface area contributed by atoms with Crippen molar-refractivity contribution in [3.05, 3.63) is 52.2 Å². The zero-order valence-corrected chi connectivity index (χ0v) is 15.8. The van der Waals surface area contributed by atoms with Crippen LogP contribution in [0.2, 0.25) is 0 Å². The second-order valence-corrected chi connectivity index (χ2v) is 7.89. The minimum Gasteiger partial charge on any atom is -0.388 e. The van der Waals surface area contributed by atoms with Crippen molar-refractivity contribution in [3.63, 3.8) is 0 Å². The largest absolute Gasteiger partial charge is 0.388 e. The van der Waals surface area contributed by atoms with Crippen molar-refractivity contribution in [1.29, 1.82) is 0 Å². The molecule has 4 rings (SSSR count). The Morgan fingerprint density at radius 1 is 1.35 bits per heavy atom. The van der Waals surface area contributed by atoms with E-state index >= 15 is 0 Å². The number of halogens is 1. The fraction of sp³-hybridized carbons (Fsp3) is 0.450. The van der Waals surface area contributed by atoms with Gasteiger partial charge in [-0.2, -0.15) is 0 Å². The monoisotopic (exact) mass is 373 g/mol. The Kier molecular flexibility index (Phi) is 5.07. The summed E-state index contributed by atoms with van der Waals surface area (Å²) in [5.41, 5.74) is 1.32. The summed E-state index contributed by atoms with van der Waals surface area (Å²) in [7, 11) is 0. The zero-order chi connectivity index (χ0) is 18.1. The molecule has 1 aliphatic heterocycles. The quantitative estimate of drug-likeness (QED) is 0.699. The number of aliphatic hydroxyl groups excluding tert-OH is 1. The summed E-state index contributed by atoms with van der Waals surface area (Å²) >= 11 is 1.60. The van der Waals surface area contributed by atoms with Gasteiger partial charge in [0.25, 0.3) is 0 Å². The predicted molar refractivity (Wildman–Crippen MR) is 103 cm³/mol. The van der Waals surface area contributed by atoms with Crippen LogP contribution in [0.3, 0.4) is 0 Å². The molecule has 0 aliphatic carbocycles. The highest BCUT2D eigenvalue weighted by Gasteiger charge is 2.29. The van der Waals surface area contributed by atoms with Crippen LogP contribution in [0.5, 0.6) is 0 Å². The van der Waals surface area contributed by atoms with E-state index in [1.54, 1.807) is 17.4 Å². The second-order valence-electron chi connectivity index (χ2n) is 6.91. The van der Waals surface area contributed by atoms with Crippen LogP contribution in [-0.4, -0.2) is 32.1 Å². The molecule has 3 aromatic rings. The molecule has 0 spiro atoms. The number of aryl methyl sites for hydroxylation is 1. The number of fused-ring (bicyclic) bond motifs is 1. The van der Waals surface area contributed by atoms with Crippen LogP contribution in [0.25, 0.3) is 11.0 Å². The number of imidazole rings is 1. The van der Waals surface area contributed by atoms with Crippen LogP contribution >= 0.6 is 11.3 Å². The molecule has 0 saturated carbocycles. The SMILES string of the molecule is CCn1c(CN2CCC[C@H]2C[C@@H](O)c2cccs2)nc2c(F)cccc21. The summed E-state index contributed by atoms with van der Waals surface area (Å²) in [6.45, 7) is 4.53. The summed E-state index contributed by atoms with van der Waals surface area (Å²) in [4.78, 5) is 8.01. The summed E-state index contributed by atoms with van der Waals surface area (Å²) < 4.78 is 16.2. The number of thiophene rings is 1. The van der Waals surface area contributed by atoms with Gasteiger partial charge in [0.1, 0.15) is 11.3 Å². The van der Waals surface area contributed by atoms with Crippen LogP contribution in [0.4, 0.5) is 4.39 Å². The molecule has 1 N–H and O–H groups in total. The predicted octanol–water partition coefficient (Wildman–Crippen LogP) is 4.34. The van der Waals surface area contributed by atoms with Crippen molar-refractivity contribution in [3.8, 4) is 0 Å². The Bertz CT molecular complexity index is 877. The van der Waals surface area contributed by atoms with Crippen molar-refractivity contribution in [2.75, 3.05) is 6.54 Å². The molecule has 0 bridgehead atoms.